The van der Waals surface area contributed by atoms with Crippen LogP contribution in [0.25, 0.3) is 10.9 Å². The Morgan fingerprint density at radius 1 is 1.09 bits per heavy atom. The fourth-order valence-corrected chi connectivity index (χ4v) is 3.42. The SMILES string of the molecule is Cc1ccc(S(=O)(=O)Oc2cnc3c(Br)cccc3c2)cc1. The molecule has 0 atom stereocenters. The smallest absolute Gasteiger partial charge is 0.339 e. The van der Waals surface area contributed by atoms with E-state index in [0.29, 0.717) is 0 Å². The Morgan fingerprint density at radius 2 is 1.82 bits per heavy atom. The molecule has 0 unspecified atom stereocenters. The van der Waals surface area contributed by atoms with E-state index in [-0.39, 0.29) is 10.6 Å². The lowest BCUT2D eigenvalue weighted by Gasteiger charge is -2.08. The van der Waals surface area contributed by atoms with Gasteiger partial charge in [-0.05, 0) is 47.1 Å². The van der Waals surface area contributed by atoms with E-state index in [4.69, 9.17) is 4.18 Å². The standard InChI is InChI=1S/C16H12BrNO3S/c1-11-5-7-14(8-6-11)22(19,20)21-13-9-12-3-2-4-15(17)16(12)18-10-13/h2-10H,1H3. The van der Waals surface area contributed by atoms with Gasteiger partial charge in [-0.2, -0.15) is 8.42 Å². The lowest BCUT2D eigenvalue weighted by atomic mass is 10.2. The maximum Gasteiger partial charge on any atom is 0.339 e. The zero-order valence-corrected chi connectivity index (χ0v) is 14.1. The van der Waals surface area contributed by atoms with Crippen LogP contribution < -0.4 is 4.18 Å². The minimum absolute atomic E-state index is 0.118. The third-order valence-corrected chi connectivity index (χ3v) is 5.05. The molecule has 6 heteroatoms. The molecule has 0 fully saturated rings. The maximum atomic E-state index is 12.3. The van der Waals surface area contributed by atoms with Crippen LogP contribution in [0.1, 0.15) is 5.56 Å². The lowest BCUT2D eigenvalue weighted by molar-refractivity contribution is 0.485. The Hall–Kier alpha value is -1.92. The quantitative estimate of drug-likeness (QED) is 0.645. The van der Waals surface area contributed by atoms with Crippen molar-refractivity contribution in [2.45, 2.75) is 11.8 Å². The number of pyridine rings is 1. The number of halogens is 1. The monoisotopic (exact) mass is 377 g/mol. The third-order valence-electron chi connectivity index (χ3n) is 3.15. The van der Waals surface area contributed by atoms with Crippen LogP contribution in [0.2, 0.25) is 0 Å². The summed E-state index contributed by atoms with van der Waals surface area (Å²) in [6.07, 6.45) is 1.40. The summed E-state index contributed by atoms with van der Waals surface area (Å²) >= 11 is 3.40. The molecular weight excluding hydrogens is 366 g/mol. The number of hydrogen-bond acceptors (Lipinski definition) is 4. The van der Waals surface area contributed by atoms with E-state index >= 15 is 0 Å². The highest BCUT2D eigenvalue weighted by atomic mass is 79.9. The molecule has 3 rings (SSSR count). The van der Waals surface area contributed by atoms with Crippen LogP contribution in [0.4, 0.5) is 0 Å². The molecule has 3 aromatic rings. The second-order valence-electron chi connectivity index (χ2n) is 4.83. The molecule has 112 valence electrons. The number of benzene rings is 2. The first kappa shape index (κ1) is 15.0. The van der Waals surface area contributed by atoms with E-state index < -0.39 is 10.1 Å². The molecule has 0 radical (unpaired) electrons. The summed E-state index contributed by atoms with van der Waals surface area (Å²) in [5.74, 6) is 0.186. The highest BCUT2D eigenvalue weighted by Crippen LogP contribution is 2.26. The van der Waals surface area contributed by atoms with Crippen LogP contribution in [0, 0.1) is 6.92 Å². The number of aryl methyl sites for hydroxylation is 1. The summed E-state index contributed by atoms with van der Waals surface area (Å²) in [5, 5.41) is 0.797. The summed E-state index contributed by atoms with van der Waals surface area (Å²) in [6, 6.07) is 13.7. The molecule has 0 aliphatic rings. The second-order valence-corrected chi connectivity index (χ2v) is 7.23. The maximum absolute atomic E-state index is 12.3. The molecular formula is C16H12BrNO3S. The number of rotatable bonds is 3. The molecule has 2 aromatic carbocycles. The van der Waals surface area contributed by atoms with Gasteiger partial charge >= 0.3 is 10.1 Å². The van der Waals surface area contributed by atoms with Crippen molar-refractivity contribution in [3.8, 4) is 5.75 Å². The Kier molecular flexibility index (Phi) is 3.88. The van der Waals surface area contributed by atoms with Gasteiger partial charge < -0.3 is 4.18 Å². The topological polar surface area (TPSA) is 56.3 Å². The van der Waals surface area contributed by atoms with E-state index in [9.17, 15) is 8.42 Å². The lowest BCUT2D eigenvalue weighted by Crippen LogP contribution is -2.09. The third kappa shape index (κ3) is 2.98. The van der Waals surface area contributed by atoms with Crippen molar-refractivity contribution in [2.75, 3.05) is 0 Å². The van der Waals surface area contributed by atoms with Gasteiger partial charge in [-0.3, -0.25) is 4.98 Å². The van der Waals surface area contributed by atoms with Gasteiger partial charge in [0.25, 0.3) is 0 Å². The molecule has 22 heavy (non-hydrogen) atoms. The molecule has 0 saturated carbocycles. The highest BCUT2D eigenvalue weighted by Gasteiger charge is 2.17. The molecule has 0 N–H and O–H groups in total. The molecule has 0 bridgehead atoms. The molecule has 0 aliphatic heterocycles. The fourth-order valence-electron chi connectivity index (χ4n) is 2.03. The van der Waals surface area contributed by atoms with Crippen molar-refractivity contribution >= 4 is 37.0 Å². The van der Waals surface area contributed by atoms with Gasteiger partial charge in [0.1, 0.15) is 4.90 Å². The largest absolute Gasteiger partial charge is 0.377 e. The van der Waals surface area contributed by atoms with Crippen LogP contribution in [0.15, 0.2) is 64.1 Å². The van der Waals surface area contributed by atoms with Gasteiger partial charge in [0, 0.05) is 9.86 Å². The Bertz CT molecular complexity index is 937. The van der Waals surface area contributed by atoms with E-state index in [0.717, 1.165) is 20.9 Å². The number of hydrogen-bond donors (Lipinski definition) is 0. The van der Waals surface area contributed by atoms with Crippen LogP contribution in [0.5, 0.6) is 5.75 Å². The van der Waals surface area contributed by atoms with E-state index in [1.54, 1.807) is 18.2 Å². The van der Waals surface area contributed by atoms with Crippen LogP contribution in [0.3, 0.4) is 0 Å². The number of fused-ring (bicyclic) bond motifs is 1. The van der Waals surface area contributed by atoms with Crippen molar-refractivity contribution in [2.24, 2.45) is 0 Å². The highest BCUT2D eigenvalue weighted by molar-refractivity contribution is 9.10. The molecule has 1 heterocycles. The Labute approximate surface area is 137 Å². The fraction of sp³-hybridized carbons (Fsp3) is 0.0625. The zero-order chi connectivity index (χ0) is 15.7. The van der Waals surface area contributed by atoms with Gasteiger partial charge in [0.15, 0.2) is 5.75 Å². The van der Waals surface area contributed by atoms with Gasteiger partial charge in [-0.25, -0.2) is 0 Å². The van der Waals surface area contributed by atoms with Crippen LogP contribution >= 0.6 is 15.9 Å². The first-order chi connectivity index (χ1) is 10.5. The molecule has 0 amide bonds. The van der Waals surface area contributed by atoms with Crippen molar-refractivity contribution < 1.29 is 12.6 Å². The first-order valence-corrected chi connectivity index (χ1v) is 8.71. The Balaban J connectivity index is 1.97. The zero-order valence-electron chi connectivity index (χ0n) is 11.7. The summed E-state index contributed by atoms with van der Waals surface area (Å²) in [5.41, 5.74) is 1.73. The molecule has 1 aromatic heterocycles. The average Bonchev–Trinajstić information content (AvgIpc) is 2.47. The van der Waals surface area contributed by atoms with Gasteiger partial charge in [0.2, 0.25) is 0 Å². The van der Waals surface area contributed by atoms with Crippen molar-refractivity contribution in [3.63, 3.8) is 0 Å². The first-order valence-electron chi connectivity index (χ1n) is 6.51. The summed E-state index contributed by atoms with van der Waals surface area (Å²) in [4.78, 5) is 4.35. The van der Waals surface area contributed by atoms with Crippen LogP contribution in [-0.4, -0.2) is 13.4 Å². The number of para-hydroxylation sites is 1. The molecule has 4 nitrogen and oxygen atoms in total. The number of aromatic nitrogens is 1. The van der Waals surface area contributed by atoms with Crippen LogP contribution in [-0.2, 0) is 10.1 Å². The van der Waals surface area contributed by atoms with E-state index in [2.05, 4.69) is 20.9 Å². The van der Waals surface area contributed by atoms with Gasteiger partial charge in [-0.15, -0.1) is 0 Å². The Morgan fingerprint density at radius 3 is 2.55 bits per heavy atom. The van der Waals surface area contributed by atoms with Crippen molar-refractivity contribution in [1.29, 1.82) is 0 Å². The van der Waals surface area contributed by atoms with E-state index in [1.807, 2.05) is 25.1 Å². The summed E-state index contributed by atoms with van der Waals surface area (Å²) in [7, 11) is -3.86. The van der Waals surface area contributed by atoms with E-state index in [1.165, 1.54) is 18.3 Å². The minimum atomic E-state index is -3.86. The molecule has 0 aliphatic carbocycles. The molecule has 0 spiro atoms. The van der Waals surface area contributed by atoms with Gasteiger partial charge in [-0.1, -0.05) is 29.8 Å². The minimum Gasteiger partial charge on any atom is -0.377 e. The van der Waals surface area contributed by atoms with Crippen molar-refractivity contribution in [1.82, 2.24) is 4.98 Å². The summed E-state index contributed by atoms with van der Waals surface area (Å²) in [6.45, 7) is 1.89. The predicted molar refractivity (Wildman–Crippen MR) is 88.4 cm³/mol. The molecule has 0 saturated heterocycles. The number of nitrogens with zero attached hydrogens (tertiary/aromatic N) is 1. The average molecular weight is 378 g/mol. The second kappa shape index (κ2) is 5.70. The van der Waals surface area contributed by atoms with Crippen molar-refractivity contribution in [3.05, 3.63) is 64.8 Å². The summed E-state index contributed by atoms with van der Waals surface area (Å²) < 4.78 is 30.5. The van der Waals surface area contributed by atoms with Gasteiger partial charge in [0.05, 0.1) is 11.7 Å². The predicted octanol–water partition coefficient (Wildman–Crippen LogP) is 4.07. The normalized spacial score (nSPS) is 11.5.